The van der Waals surface area contributed by atoms with E-state index in [1.165, 1.54) is 30.8 Å². The Morgan fingerprint density at radius 1 is 1.50 bits per heavy atom. The molecule has 102 valence electrons. The number of nitrogens with one attached hydrogen (secondary N) is 1. The van der Waals surface area contributed by atoms with Gasteiger partial charge in [-0.05, 0) is 12.8 Å². The summed E-state index contributed by atoms with van der Waals surface area (Å²) in [5, 5.41) is 7.04. The molecule has 0 spiro atoms. The molecule has 0 aliphatic carbocycles. The molecule has 4 heteroatoms. The van der Waals surface area contributed by atoms with Crippen molar-refractivity contribution in [2.24, 2.45) is 0 Å². The predicted molar refractivity (Wildman–Crippen MR) is 78.2 cm³/mol. The number of rotatable bonds is 6. The molecule has 2 atom stereocenters. The van der Waals surface area contributed by atoms with E-state index < -0.39 is 0 Å². The Morgan fingerprint density at radius 3 is 3.06 bits per heavy atom. The zero-order chi connectivity index (χ0) is 12.8. The lowest BCUT2D eigenvalue weighted by atomic mass is 10.0. The Kier molecular flexibility index (Phi) is 5.60. The molecule has 0 aromatic carbocycles. The lowest BCUT2D eigenvalue weighted by Gasteiger charge is -2.40. The number of thiazole rings is 1. The van der Waals surface area contributed by atoms with E-state index in [1.807, 2.05) is 6.20 Å². The highest BCUT2D eigenvalue weighted by molar-refractivity contribution is 7.09. The van der Waals surface area contributed by atoms with Crippen LogP contribution in [0, 0.1) is 0 Å². The zero-order valence-corrected chi connectivity index (χ0v) is 12.4. The molecular weight excluding hydrogens is 242 g/mol. The van der Waals surface area contributed by atoms with Gasteiger partial charge in [0.15, 0.2) is 0 Å². The first-order valence-electron chi connectivity index (χ1n) is 7.19. The van der Waals surface area contributed by atoms with Gasteiger partial charge in [0.1, 0.15) is 0 Å². The number of piperazine rings is 1. The highest BCUT2D eigenvalue weighted by Crippen LogP contribution is 2.15. The predicted octanol–water partition coefficient (Wildman–Crippen LogP) is 2.54. The van der Waals surface area contributed by atoms with Crippen molar-refractivity contribution in [2.75, 3.05) is 19.6 Å². The van der Waals surface area contributed by atoms with Crippen molar-refractivity contribution in [3.8, 4) is 0 Å². The van der Waals surface area contributed by atoms with Crippen LogP contribution in [-0.4, -0.2) is 41.6 Å². The third-order valence-corrected chi connectivity index (χ3v) is 4.66. The van der Waals surface area contributed by atoms with Crippen LogP contribution in [0.2, 0.25) is 0 Å². The third kappa shape index (κ3) is 3.77. The minimum atomic E-state index is 0.689. The largest absolute Gasteiger partial charge is 0.311 e. The van der Waals surface area contributed by atoms with Gasteiger partial charge in [0.05, 0.1) is 5.01 Å². The number of hydrogen-bond acceptors (Lipinski definition) is 4. The van der Waals surface area contributed by atoms with Crippen LogP contribution in [0.1, 0.15) is 38.1 Å². The van der Waals surface area contributed by atoms with E-state index in [1.54, 1.807) is 11.3 Å². The molecule has 1 aliphatic heterocycles. The second kappa shape index (κ2) is 7.22. The van der Waals surface area contributed by atoms with Crippen LogP contribution in [-0.2, 0) is 6.42 Å². The second-order valence-corrected chi connectivity index (χ2v) is 6.11. The summed E-state index contributed by atoms with van der Waals surface area (Å²) >= 11 is 1.78. The Labute approximate surface area is 115 Å². The second-order valence-electron chi connectivity index (χ2n) is 5.13. The molecule has 0 amide bonds. The molecule has 1 N–H and O–H groups in total. The summed E-state index contributed by atoms with van der Waals surface area (Å²) < 4.78 is 0. The van der Waals surface area contributed by atoms with Crippen LogP contribution in [0.15, 0.2) is 11.6 Å². The minimum Gasteiger partial charge on any atom is -0.311 e. The Hall–Kier alpha value is -0.450. The third-order valence-electron chi connectivity index (χ3n) is 3.82. The van der Waals surface area contributed by atoms with Crippen molar-refractivity contribution >= 4 is 11.3 Å². The topological polar surface area (TPSA) is 28.2 Å². The molecule has 2 rings (SSSR count). The van der Waals surface area contributed by atoms with Crippen LogP contribution in [0.4, 0.5) is 0 Å². The van der Waals surface area contributed by atoms with E-state index in [0.717, 1.165) is 19.5 Å². The number of hydrogen-bond donors (Lipinski definition) is 1. The van der Waals surface area contributed by atoms with Crippen LogP contribution >= 0.6 is 11.3 Å². The summed E-state index contributed by atoms with van der Waals surface area (Å²) in [6, 6.07) is 1.40. The molecule has 0 radical (unpaired) electrons. The van der Waals surface area contributed by atoms with Crippen LogP contribution < -0.4 is 5.32 Å². The average Bonchev–Trinajstić information content (AvgIpc) is 2.90. The maximum absolute atomic E-state index is 4.38. The Balaban J connectivity index is 1.85. The van der Waals surface area contributed by atoms with Crippen molar-refractivity contribution in [1.82, 2.24) is 15.2 Å². The molecule has 0 saturated carbocycles. The summed E-state index contributed by atoms with van der Waals surface area (Å²) in [6.07, 6.45) is 6.82. The molecule has 0 bridgehead atoms. The normalized spacial score (nSPS) is 25.4. The lowest BCUT2D eigenvalue weighted by Crippen LogP contribution is -2.56. The van der Waals surface area contributed by atoms with E-state index in [9.17, 15) is 0 Å². The molecule has 1 aliphatic rings. The van der Waals surface area contributed by atoms with Crippen molar-refractivity contribution in [3.05, 3.63) is 16.6 Å². The standard InChI is InChI=1S/C14H25N3S/c1-3-5-12-11-17(13(4-2)10-16-12)8-6-14-15-7-9-18-14/h7,9,12-13,16H,3-6,8,10-11H2,1-2H3. The van der Waals surface area contributed by atoms with Gasteiger partial charge in [-0.15, -0.1) is 11.3 Å². The van der Waals surface area contributed by atoms with E-state index in [0.29, 0.717) is 12.1 Å². The van der Waals surface area contributed by atoms with Gasteiger partial charge >= 0.3 is 0 Å². The fourth-order valence-corrected chi connectivity index (χ4v) is 3.37. The Bertz CT molecular complexity index is 326. The van der Waals surface area contributed by atoms with Crippen LogP contribution in [0.25, 0.3) is 0 Å². The van der Waals surface area contributed by atoms with Crippen molar-refractivity contribution < 1.29 is 0 Å². The highest BCUT2D eigenvalue weighted by atomic mass is 32.1. The minimum absolute atomic E-state index is 0.689. The van der Waals surface area contributed by atoms with Crippen molar-refractivity contribution in [1.29, 1.82) is 0 Å². The molecule has 3 nitrogen and oxygen atoms in total. The maximum Gasteiger partial charge on any atom is 0.0937 e. The van der Waals surface area contributed by atoms with E-state index in [4.69, 9.17) is 0 Å². The smallest absolute Gasteiger partial charge is 0.0937 e. The molecule has 1 saturated heterocycles. The lowest BCUT2D eigenvalue weighted by molar-refractivity contribution is 0.124. The molecule has 1 aromatic heterocycles. The van der Waals surface area contributed by atoms with Gasteiger partial charge in [-0.1, -0.05) is 20.3 Å². The highest BCUT2D eigenvalue weighted by Gasteiger charge is 2.25. The average molecular weight is 267 g/mol. The summed E-state index contributed by atoms with van der Waals surface area (Å²) in [5.41, 5.74) is 0. The van der Waals surface area contributed by atoms with Gasteiger partial charge in [-0.25, -0.2) is 4.98 Å². The molecule has 1 fully saturated rings. The molecule has 2 heterocycles. The number of aromatic nitrogens is 1. The summed E-state index contributed by atoms with van der Waals surface area (Å²) in [6.45, 7) is 8.08. The van der Waals surface area contributed by atoms with Crippen LogP contribution in [0.5, 0.6) is 0 Å². The van der Waals surface area contributed by atoms with E-state index in [-0.39, 0.29) is 0 Å². The first-order chi connectivity index (χ1) is 8.83. The van der Waals surface area contributed by atoms with Gasteiger partial charge in [0.2, 0.25) is 0 Å². The van der Waals surface area contributed by atoms with Gasteiger partial charge in [-0.2, -0.15) is 0 Å². The first kappa shape index (κ1) is 14.0. The van der Waals surface area contributed by atoms with Gasteiger partial charge in [0, 0.05) is 49.7 Å². The molecule has 2 unspecified atom stereocenters. The van der Waals surface area contributed by atoms with E-state index in [2.05, 4.69) is 34.4 Å². The fourth-order valence-electron chi connectivity index (χ4n) is 2.76. The Morgan fingerprint density at radius 2 is 2.39 bits per heavy atom. The number of nitrogens with zero attached hydrogens (tertiary/aromatic N) is 2. The molecular formula is C14H25N3S. The van der Waals surface area contributed by atoms with Crippen LogP contribution in [0.3, 0.4) is 0 Å². The van der Waals surface area contributed by atoms with Gasteiger partial charge in [-0.3, -0.25) is 4.90 Å². The maximum atomic E-state index is 4.38. The summed E-state index contributed by atoms with van der Waals surface area (Å²) in [5.74, 6) is 0. The van der Waals surface area contributed by atoms with Crippen molar-refractivity contribution in [3.63, 3.8) is 0 Å². The quantitative estimate of drug-likeness (QED) is 0.858. The fraction of sp³-hybridized carbons (Fsp3) is 0.786. The van der Waals surface area contributed by atoms with Gasteiger partial charge < -0.3 is 5.32 Å². The van der Waals surface area contributed by atoms with Crippen molar-refractivity contribution in [2.45, 2.75) is 51.6 Å². The summed E-state index contributed by atoms with van der Waals surface area (Å²) in [7, 11) is 0. The molecule has 1 aromatic rings. The zero-order valence-electron chi connectivity index (χ0n) is 11.6. The first-order valence-corrected chi connectivity index (χ1v) is 8.07. The summed E-state index contributed by atoms with van der Waals surface area (Å²) in [4.78, 5) is 7.05. The van der Waals surface area contributed by atoms with Gasteiger partial charge in [0.25, 0.3) is 0 Å². The van der Waals surface area contributed by atoms with E-state index >= 15 is 0 Å². The SMILES string of the molecule is CCCC1CN(CCc2nccs2)C(CC)CN1. The molecule has 18 heavy (non-hydrogen) atoms. The monoisotopic (exact) mass is 267 g/mol.